The van der Waals surface area contributed by atoms with Crippen LogP contribution in [0, 0.1) is 24.0 Å². The van der Waals surface area contributed by atoms with Crippen LogP contribution in [0.1, 0.15) is 22.8 Å². The van der Waals surface area contributed by atoms with E-state index in [1.165, 1.54) is 11.5 Å². The minimum absolute atomic E-state index is 0.0129. The van der Waals surface area contributed by atoms with Crippen LogP contribution in [0.3, 0.4) is 0 Å². The third-order valence-electron chi connectivity index (χ3n) is 4.34. The van der Waals surface area contributed by atoms with Gasteiger partial charge in [-0.2, -0.15) is 0 Å². The van der Waals surface area contributed by atoms with Crippen LogP contribution in [-0.4, -0.2) is 36.9 Å². The molecule has 2 aromatic rings. The Balaban J connectivity index is 2.45. The molecule has 0 fully saturated rings. The number of carbonyl (C=O) groups is 1. The number of hydrogen-bond acceptors (Lipinski definition) is 5. The number of nitrogens with zero attached hydrogens (tertiary/aromatic N) is 2. The van der Waals surface area contributed by atoms with Crippen LogP contribution in [0.4, 0.5) is 5.69 Å². The Bertz CT molecular complexity index is 902. The summed E-state index contributed by atoms with van der Waals surface area (Å²) in [5.41, 5.74) is 1.25. The largest absolute Gasteiger partial charge is 0.466 e. The molecule has 0 aliphatic heterocycles. The number of rotatable bonds is 7. The van der Waals surface area contributed by atoms with Crippen LogP contribution >= 0.6 is 15.9 Å². The number of fused-ring (bicyclic) bond motifs is 1. The summed E-state index contributed by atoms with van der Waals surface area (Å²) in [6.45, 7) is 12.2. The average molecular weight is 457 g/mol. The van der Waals surface area contributed by atoms with E-state index in [0.29, 0.717) is 27.8 Å². The normalized spacial score (nSPS) is 11.8. The van der Waals surface area contributed by atoms with Gasteiger partial charge in [0.1, 0.15) is 11.3 Å². The Morgan fingerprint density at radius 1 is 1.33 bits per heavy atom. The minimum atomic E-state index is -1.20. The quantitative estimate of drug-likeness (QED) is 0.186. The topological polar surface area (TPSA) is 83.6 Å². The van der Waals surface area contributed by atoms with Crippen molar-refractivity contribution in [3.63, 3.8) is 0 Å². The van der Waals surface area contributed by atoms with Crippen molar-refractivity contribution in [3.05, 3.63) is 31.9 Å². The van der Waals surface area contributed by atoms with E-state index in [2.05, 4.69) is 35.6 Å². The number of benzene rings is 1. The SMILES string of the molecule is CC(=O)n1cc(C)c2c(Br)c(OCOCC[Si](C)(C)C)c(C)c([N+](=O)[O-])c21. The first kappa shape index (κ1) is 21.6. The summed E-state index contributed by atoms with van der Waals surface area (Å²) in [5.74, 6) is 0.0810. The molecule has 0 amide bonds. The summed E-state index contributed by atoms with van der Waals surface area (Å²) >= 11 is 3.51. The van der Waals surface area contributed by atoms with Crippen LogP contribution in [0.5, 0.6) is 5.75 Å². The average Bonchev–Trinajstić information content (AvgIpc) is 2.86. The van der Waals surface area contributed by atoms with Gasteiger partial charge in [-0.1, -0.05) is 19.6 Å². The number of nitro benzene ring substituents is 1. The summed E-state index contributed by atoms with van der Waals surface area (Å²) in [7, 11) is -1.20. The zero-order valence-corrected chi connectivity index (χ0v) is 19.1. The molecule has 0 saturated heterocycles. The van der Waals surface area contributed by atoms with Crippen LogP contribution in [0.15, 0.2) is 10.7 Å². The Morgan fingerprint density at radius 2 is 1.96 bits per heavy atom. The van der Waals surface area contributed by atoms with Crippen molar-refractivity contribution in [2.24, 2.45) is 0 Å². The second-order valence-electron chi connectivity index (χ2n) is 7.78. The van der Waals surface area contributed by atoms with Crippen LogP contribution in [0.2, 0.25) is 25.7 Å². The summed E-state index contributed by atoms with van der Waals surface area (Å²) in [5, 5.41) is 12.4. The highest BCUT2D eigenvalue weighted by atomic mass is 79.9. The zero-order valence-electron chi connectivity index (χ0n) is 16.5. The van der Waals surface area contributed by atoms with Crippen molar-refractivity contribution >= 4 is 46.5 Å². The van der Waals surface area contributed by atoms with Gasteiger partial charge in [-0.15, -0.1) is 0 Å². The predicted octanol–water partition coefficient (Wildman–Crippen LogP) is 5.28. The maximum absolute atomic E-state index is 12.0. The number of aromatic nitrogens is 1. The number of carbonyl (C=O) groups excluding carboxylic acids is 1. The van der Waals surface area contributed by atoms with Gasteiger partial charge in [0.25, 0.3) is 0 Å². The molecule has 148 valence electrons. The molecule has 1 aromatic heterocycles. The van der Waals surface area contributed by atoms with Crippen molar-refractivity contribution in [1.82, 2.24) is 4.57 Å². The van der Waals surface area contributed by atoms with Crippen molar-refractivity contribution in [2.45, 2.75) is 46.5 Å². The van der Waals surface area contributed by atoms with Gasteiger partial charge in [0.2, 0.25) is 5.91 Å². The Kier molecular flexibility index (Phi) is 6.49. The van der Waals surface area contributed by atoms with Crippen LogP contribution in [0.25, 0.3) is 10.9 Å². The van der Waals surface area contributed by atoms with Gasteiger partial charge in [0.05, 0.1) is 15.0 Å². The molecule has 0 bridgehead atoms. The van der Waals surface area contributed by atoms with E-state index in [1.54, 1.807) is 20.0 Å². The highest BCUT2D eigenvalue weighted by molar-refractivity contribution is 9.10. The molecule has 0 saturated carbocycles. The Hall–Kier alpha value is -1.71. The van der Waals surface area contributed by atoms with Gasteiger partial charge in [-0.05, 0) is 41.4 Å². The smallest absolute Gasteiger partial charge is 0.300 e. The van der Waals surface area contributed by atoms with Gasteiger partial charge < -0.3 is 9.47 Å². The fourth-order valence-electron chi connectivity index (χ4n) is 2.88. The number of ether oxygens (including phenoxy) is 2. The van der Waals surface area contributed by atoms with E-state index in [9.17, 15) is 14.9 Å². The lowest BCUT2D eigenvalue weighted by molar-refractivity contribution is -0.383. The minimum Gasteiger partial charge on any atom is -0.466 e. The summed E-state index contributed by atoms with van der Waals surface area (Å²) in [4.78, 5) is 23.2. The molecule has 7 nitrogen and oxygen atoms in total. The molecule has 0 N–H and O–H groups in total. The molecule has 1 heterocycles. The van der Waals surface area contributed by atoms with E-state index in [-0.39, 0.29) is 23.9 Å². The van der Waals surface area contributed by atoms with Gasteiger partial charge in [-0.3, -0.25) is 19.5 Å². The predicted molar refractivity (Wildman–Crippen MR) is 112 cm³/mol. The standard InChI is InChI=1S/C18H25BrN2O5Si/c1-11-9-20(13(3)22)17-14(11)15(19)18(12(2)16(17)21(23)24)26-10-25-7-8-27(4,5)6/h9H,7-8,10H2,1-6H3. The summed E-state index contributed by atoms with van der Waals surface area (Å²) < 4.78 is 13.2. The molecule has 0 atom stereocenters. The van der Waals surface area contributed by atoms with E-state index >= 15 is 0 Å². The Morgan fingerprint density at radius 3 is 2.48 bits per heavy atom. The molecule has 0 aliphatic carbocycles. The van der Waals surface area contributed by atoms with E-state index in [4.69, 9.17) is 9.47 Å². The van der Waals surface area contributed by atoms with Crippen LogP contribution in [-0.2, 0) is 4.74 Å². The molecule has 0 unspecified atom stereocenters. The molecule has 0 radical (unpaired) electrons. The molecule has 2 rings (SSSR count). The first-order valence-corrected chi connectivity index (χ1v) is 13.1. The monoisotopic (exact) mass is 456 g/mol. The maximum Gasteiger partial charge on any atom is 0.300 e. The first-order chi connectivity index (χ1) is 12.5. The van der Waals surface area contributed by atoms with E-state index < -0.39 is 13.0 Å². The lowest BCUT2D eigenvalue weighted by Gasteiger charge is -2.17. The van der Waals surface area contributed by atoms with Crippen molar-refractivity contribution < 1.29 is 19.2 Å². The lowest BCUT2D eigenvalue weighted by Crippen LogP contribution is -2.22. The molecule has 0 aliphatic rings. The summed E-state index contributed by atoms with van der Waals surface area (Å²) in [6, 6.07) is 1.01. The number of halogens is 1. The molecule has 0 spiro atoms. The van der Waals surface area contributed by atoms with Crippen molar-refractivity contribution in [3.8, 4) is 5.75 Å². The van der Waals surface area contributed by atoms with Gasteiger partial charge >= 0.3 is 5.69 Å². The third-order valence-corrected chi connectivity index (χ3v) is 6.80. The van der Waals surface area contributed by atoms with Gasteiger partial charge in [-0.25, -0.2) is 0 Å². The molecule has 9 heteroatoms. The van der Waals surface area contributed by atoms with Gasteiger partial charge in [0.15, 0.2) is 6.79 Å². The highest BCUT2D eigenvalue weighted by Gasteiger charge is 2.29. The van der Waals surface area contributed by atoms with E-state index in [1.807, 2.05) is 0 Å². The second-order valence-corrected chi connectivity index (χ2v) is 14.2. The molecule has 1 aromatic carbocycles. The number of hydrogen-bond donors (Lipinski definition) is 0. The lowest BCUT2D eigenvalue weighted by atomic mass is 10.1. The van der Waals surface area contributed by atoms with Gasteiger partial charge in [0, 0.05) is 33.2 Å². The highest BCUT2D eigenvalue weighted by Crippen LogP contribution is 2.45. The fourth-order valence-corrected chi connectivity index (χ4v) is 4.55. The van der Waals surface area contributed by atoms with Crippen LogP contribution < -0.4 is 4.74 Å². The number of nitro groups is 1. The summed E-state index contributed by atoms with van der Waals surface area (Å²) in [6.07, 6.45) is 1.61. The van der Waals surface area contributed by atoms with Crippen molar-refractivity contribution in [1.29, 1.82) is 0 Å². The molecular weight excluding hydrogens is 432 g/mol. The first-order valence-electron chi connectivity index (χ1n) is 8.65. The fraction of sp³-hybridized carbons (Fsp3) is 0.500. The second kappa shape index (κ2) is 8.11. The maximum atomic E-state index is 12.0. The number of aryl methyl sites for hydroxylation is 1. The zero-order chi connectivity index (χ0) is 20.5. The molecular formula is C18H25BrN2O5Si. The Labute approximate surface area is 167 Å². The third kappa shape index (κ3) is 4.59. The van der Waals surface area contributed by atoms with E-state index in [0.717, 1.165) is 11.6 Å². The molecule has 27 heavy (non-hydrogen) atoms. The van der Waals surface area contributed by atoms with Crippen molar-refractivity contribution in [2.75, 3.05) is 13.4 Å².